The fraction of sp³-hybridized carbons (Fsp3) is 0.889. The molecule has 3 N–H and O–H groups in total. The highest BCUT2D eigenvalue weighted by molar-refractivity contribution is 5.74. The predicted molar refractivity (Wildman–Crippen MR) is 51.9 cm³/mol. The second kappa shape index (κ2) is 5.94. The van der Waals surface area contributed by atoms with Crippen molar-refractivity contribution in [2.45, 2.75) is 32.1 Å². The first-order chi connectivity index (χ1) is 6.33. The van der Waals surface area contributed by atoms with Crippen LogP contribution in [-0.4, -0.2) is 30.4 Å². The number of unbranched alkanes of at least 4 members (excludes halogenated alkanes) is 1. The van der Waals surface area contributed by atoms with Gasteiger partial charge in [-0.05, 0) is 45.3 Å². The molecule has 1 aliphatic heterocycles. The van der Waals surface area contributed by atoms with Crippen molar-refractivity contribution in [3.63, 3.8) is 0 Å². The standard InChI is InChI=1S/C9H19N3O/c10-11-9(13)5-1-2-6-12-7-3-4-8-12/h1-8,10H2,(H,11,13). The maximum absolute atomic E-state index is 10.8. The first-order valence-electron chi connectivity index (χ1n) is 5.05. The minimum atomic E-state index is -0.0542. The Labute approximate surface area is 79.4 Å². The van der Waals surface area contributed by atoms with E-state index in [1.54, 1.807) is 0 Å². The molecule has 0 atom stereocenters. The molecule has 0 aromatic carbocycles. The molecule has 0 aromatic rings. The van der Waals surface area contributed by atoms with Crippen molar-refractivity contribution >= 4 is 5.91 Å². The summed E-state index contributed by atoms with van der Waals surface area (Å²) >= 11 is 0. The average molecular weight is 185 g/mol. The summed E-state index contributed by atoms with van der Waals surface area (Å²) in [7, 11) is 0. The fourth-order valence-corrected chi connectivity index (χ4v) is 1.70. The number of carbonyl (C=O) groups is 1. The Kier molecular flexibility index (Phi) is 4.78. The zero-order chi connectivity index (χ0) is 9.52. The number of nitrogens with zero attached hydrogens (tertiary/aromatic N) is 1. The van der Waals surface area contributed by atoms with Crippen LogP contribution in [0.2, 0.25) is 0 Å². The van der Waals surface area contributed by atoms with Crippen molar-refractivity contribution < 1.29 is 4.79 Å². The van der Waals surface area contributed by atoms with Gasteiger partial charge in [0.15, 0.2) is 0 Å². The zero-order valence-corrected chi connectivity index (χ0v) is 8.09. The lowest BCUT2D eigenvalue weighted by molar-refractivity contribution is -0.121. The molecule has 4 heteroatoms. The summed E-state index contributed by atoms with van der Waals surface area (Å²) < 4.78 is 0. The predicted octanol–water partition coefficient (Wildman–Crippen LogP) is 0.242. The molecule has 0 radical (unpaired) electrons. The van der Waals surface area contributed by atoms with E-state index in [2.05, 4.69) is 10.3 Å². The lowest BCUT2D eigenvalue weighted by atomic mass is 10.2. The molecular formula is C9H19N3O. The normalized spacial score (nSPS) is 17.6. The Hall–Kier alpha value is -0.610. The van der Waals surface area contributed by atoms with Gasteiger partial charge < -0.3 is 4.90 Å². The third-order valence-corrected chi connectivity index (χ3v) is 2.49. The molecule has 1 saturated heterocycles. The molecule has 1 rings (SSSR count). The molecule has 1 fully saturated rings. The Morgan fingerprint density at radius 1 is 1.31 bits per heavy atom. The van der Waals surface area contributed by atoms with Crippen LogP contribution in [0, 0.1) is 0 Å². The van der Waals surface area contributed by atoms with Crippen molar-refractivity contribution in [1.82, 2.24) is 10.3 Å². The van der Waals surface area contributed by atoms with Crippen molar-refractivity contribution in [3.8, 4) is 0 Å². The van der Waals surface area contributed by atoms with Crippen LogP contribution < -0.4 is 11.3 Å². The van der Waals surface area contributed by atoms with Gasteiger partial charge in [-0.1, -0.05) is 0 Å². The monoisotopic (exact) mass is 185 g/mol. The minimum Gasteiger partial charge on any atom is -0.303 e. The second-order valence-corrected chi connectivity index (χ2v) is 3.57. The fourth-order valence-electron chi connectivity index (χ4n) is 1.70. The Bertz CT molecular complexity index is 155. The van der Waals surface area contributed by atoms with Crippen LogP contribution >= 0.6 is 0 Å². The van der Waals surface area contributed by atoms with Gasteiger partial charge in [0, 0.05) is 6.42 Å². The van der Waals surface area contributed by atoms with E-state index in [-0.39, 0.29) is 5.91 Å². The van der Waals surface area contributed by atoms with Gasteiger partial charge in [0.2, 0.25) is 5.91 Å². The van der Waals surface area contributed by atoms with E-state index in [9.17, 15) is 4.79 Å². The van der Waals surface area contributed by atoms with E-state index in [1.807, 2.05) is 0 Å². The quantitative estimate of drug-likeness (QED) is 0.279. The van der Waals surface area contributed by atoms with E-state index in [1.165, 1.54) is 25.9 Å². The highest BCUT2D eigenvalue weighted by atomic mass is 16.2. The third-order valence-electron chi connectivity index (χ3n) is 2.49. The summed E-state index contributed by atoms with van der Waals surface area (Å²) in [6.07, 6.45) is 5.28. The number of nitrogens with one attached hydrogen (secondary N) is 1. The minimum absolute atomic E-state index is 0.0542. The second-order valence-electron chi connectivity index (χ2n) is 3.57. The summed E-state index contributed by atoms with van der Waals surface area (Å²) in [6, 6.07) is 0. The maximum atomic E-state index is 10.8. The van der Waals surface area contributed by atoms with Gasteiger partial charge in [-0.15, -0.1) is 0 Å². The maximum Gasteiger partial charge on any atom is 0.233 e. The van der Waals surface area contributed by atoms with Crippen LogP contribution in [0.5, 0.6) is 0 Å². The summed E-state index contributed by atoms with van der Waals surface area (Å²) in [5.41, 5.74) is 2.14. The first-order valence-corrected chi connectivity index (χ1v) is 5.05. The van der Waals surface area contributed by atoms with Crippen LogP contribution in [0.4, 0.5) is 0 Å². The molecule has 4 nitrogen and oxygen atoms in total. The number of hydrogen-bond donors (Lipinski definition) is 2. The highest BCUT2D eigenvalue weighted by Crippen LogP contribution is 2.08. The molecule has 0 spiro atoms. The van der Waals surface area contributed by atoms with Crippen LogP contribution in [-0.2, 0) is 4.79 Å². The molecule has 0 bridgehead atoms. The van der Waals surface area contributed by atoms with Gasteiger partial charge in [0.05, 0.1) is 0 Å². The van der Waals surface area contributed by atoms with Crippen LogP contribution in [0.3, 0.4) is 0 Å². The van der Waals surface area contributed by atoms with Gasteiger partial charge in [0.25, 0.3) is 0 Å². The van der Waals surface area contributed by atoms with E-state index in [0.29, 0.717) is 6.42 Å². The van der Waals surface area contributed by atoms with E-state index < -0.39 is 0 Å². The summed E-state index contributed by atoms with van der Waals surface area (Å²) in [6.45, 7) is 3.62. The molecule has 0 saturated carbocycles. The zero-order valence-electron chi connectivity index (χ0n) is 8.09. The van der Waals surface area contributed by atoms with Gasteiger partial charge in [-0.2, -0.15) is 0 Å². The number of hydrazine groups is 1. The molecule has 1 heterocycles. The molecule has 0 aromatic heterocycles. The van der Waals surface area contributed by atoms with Crippen molar-refractivity contribution in [2.24, 2.45) is 5.84 Å². The largest absolute Gasteiger partial charge is 0.303 e. The Morgan fingerprint density at radius 2 is 2.00 bits per heavy atom. The van der Waals surface area contributed by atoms with Gasteiger partial charge in [0.1, 0.15) is 0 Å². The highest BCUT2D eigenvalue weighted by Gasteiger charge is 2.10. The van der Waals surface area contributed by atoms with Crippen molar-refractivity contribution in [3.05, 3.63) is 0 Å². The average Bonchev–Trinajstić information content (AvgIpc) is 2.64. The van der Waals surface area contributed by atoms with Gasteiger partial charge >= 0.3 is 0 Å². The first kappa shape index (κ1) is 10.5. The van der Waals surface area contributed by atoms with Crippen molar-refractivity contribution in [2.75, 3.05) is 19.6 Å². The summed E-state index contributed by atoms with van der Waals surface area (Å²) in [5, 5.41) is 0. The van der Waals surface area contributed by atoms with Crippen LogP contribution in [0.1, 0.15) is 32.1 Å². The number of rotatable bonds is 5. The molecule has 0 unspecified atom stereocenters. The van der Waals surface area contributed by atoms with Crippen LogP contribution in [0.15, 0.2) is 0 Å². The van der Waals surface area contributed by atoms with Crippen LogP contribution in [0.25, 0.3) is 0 Å². The molecule has 76 valence electrons. The number of amides is 1. The third kappa shape index (κ3) is 4.24. The smallest absolute Gasteiger partial charge is 0.233 e. The molecule has 1 amide bonds. The van der Waals surface area contributed by atoms with Gasteiger partial charge in [-0.3, -0.25) is 10.2 Å². The summed E-state index contributed by atoms with van der Waals surface area (Å²) in [5.74, 6) is 4.91. The molecule has 1 aliphatic rings. The number of hydrogen-bond acceptors (Lipinski definition) is 3. The van der Waals surface area contributed by atoms with E-state index >= 15 is 0 Å². The SMILES string of the molecule is NNC(=O)CCCCN1CCCC1. The Morgan fingerprint density at radius 3 is 2.62 bits per heavy atom. The summed E-state index contributed by atoms with van der Waals surface area (Å²) in [4.78, 5) is 13.2. The number of carbonyl (C=O) groups excluding carboxylic acids is 1. The number of nitrogens with two attached hydrogens (primary N) is 1. The topological polar surface area (TPSA) is 58.4 Å². The molecule has 13 heavy (non-hydrogen) atoms. The van der Waals surface area contributed by atoms with E-state index in [0.717, 1.165) is 19.4 Å². The lowest BCUT2D eigenvalue weighted by Gasteiger charge is -2.13. The number of likely N-dealkylation sites (tertiary alicyclic amines) is 1. The van der Waals surface area contributed by atoms with E-state index in [4.69, 9.17) is 5.84 Å². The lowest BCUT2D eigenvalue weighted by Crippen LogP contribution is -2.29. The van der Waals surface area contributed by atoms with Crippen molar-refractivity contribution in [1.29, 1.82) is 0 Å². The Balaban J connectivity index is 1.91. The molecule has 0 aliphatic carbocycles. The van der Waals surface area contributed by atoms with Gasteiger partial charge in [-0.25, -0.2) is 5.84 Å². The molecular weight excluding hydrogens is 166 g/mol.